The predicted octanol–water partition coefficient (Wildman–Crippen LogP) is 4.63. The predicted molar refractivity (Wildman–Crippen MR) is 91.1 cm³/mol. The fourth-order valence-corrected chi connectivity index (χ4v) is 3.69. The van der Waals surface area contributed by atoms with Crippen LogP contribution in [0.3, 0.4) is 0 Å². The molecule has 1 fully saturated rings. The van der Waals surface area contributed by atoms with Gasteiger partial charge in [0.15, 0.2) is 0 Å². The first-order valence-corrected chi connectivity index (χ1v) is 8.80. The molecule has 0 unspecified atom stereocenters. The molecule has 3 aliphatic rings. The van der Waals surface area contributed by atoms with Crippen molar-refractivity contribution in [1.29, 1.82) is 0 Å². The van der Waals surface area contributed by atoms with Gasteiger partial charge in [0.05, 0.1) is 11.7 Å². The molecule has 0 aromatic carbocycles. The maximum atomic E-state index is 12.0. The van der Waals surface area contributed by atoms with Crippen LogP contribution >= 0.6 is 0 Å². The summed E-state index contributed by atoms with van der Waals surface area (Å²) in [5.41, 5.74) is 4.67. The van der Waals surface area contributed by atoms with Crippen LogP contribution < -0.4 is 0 Å². The molecule has 3 nitrogen and oxygen atoms in total. The van der Waals surface area contributed by atoms with Crippen molar-refractivity contribution in [3.63, 3.8) is 0 Å². The van der Waals surface area contributed by atoms with Crippen LogP contribution in [-0.4, -0.2) is 23.8 Å². The standard InChI is InChI=1S/C20H28O3/c1-13-6-5-7-14(2)12-17-16(15(3)19(21)22-17)10-11-20(4)18(23-20)9-8-13/h6,12,17-18H,5,7-11H2,1-4H3/b13-6+,14-12+/t17-,18+,20+/m0/s1. The van der Waals surface area contributed by atoms with Crippen molar-refractivity contribution in [2.24, 2.45) is 0 Å². The fraction of sp³-hybridized carbons (Fsp3) is 0.650. The first-order valence-electron chi connectivity index (χ1n) is 8.80. The number of carbonyl (C=O) groups excluding carboxylic acids is 1. The summed E-state index contributed by atoms with van der Waals surface area (Å²) >= 11 is 0. The van der Waals surface area contributed by atoms with E-state index in [4.69, 9.17) is 9.47 Å². The molecule has 0 saturated carbocycles. The van der Waals surface area contributed by atoms with E-state index in [9.17, 15) is 4.79 Å². The van der Waals surface area contributed by atoms with E-state index in [1.807, 2.05) is 6.92 Å². The number of rotatable bonds is 0. The fourth-order valence-electron chi connectivity index (χ4n) is 3.69. The van der Waals surface area contributed by atoms with Gasteiger partial charge in [-0.25, -0.2) is 4.79 Å². The first kappa shape index (κ1) is 16.5. The lowest BCUT2D eigenvalue weighted by Crippen LogP contribution is -2.14. The van der Waals surface area contributed by atoms with Crippen molar-refractivity contribution in [3.8, 4) is 0 Å². The van der Waals surface area contributed by atoms with Crippen LogP contribution in [0.15, 0.2) is 34.4 Å². The Morgan fingerprint density at radius 2 is 1.91 bits per heavy atom. The third kappa shape index (κ3) is 3.60. The van der Waals surface area contributed by atoms with E-state index in [1.54, 1.807) is 0 Å². The number of fused-ring (bicyclic) bond motifs is 2. The third-order valence-electron chi connectivity index (χ3n) is 5.56. The highest BCUT2D eigenvalue weighted by atomic mass is 16.6. The quantitative estimate of drug-likeness (QED) is 0.371. The molecule has 23 heavy (non-hydrogen) atoms. The van der Waals surface area contributed by atoms with Gasteiger partial charge in [-0.3, -0.25) is 0 Å². The molecular weight excluding hydrogens is 288 g/mol. The molecule has 2 heterocycles. The van der Waals surface area contributed by atoms with E-state index in [2.05, 4.69) is 32.9 Å². The van der Waals surface area contributed by atoms with E-state index in [1.165, 1.54) is 11.1 Å². The SMILES string of the molecule is CC1=C2CC[C@@]3(C)O[C@@H]3CC/C(C)=C/CC/C(C)=C/[C@@H]2OC1=O. The lowest BCUT2D eigenvalue weighted by molar-refractivity contribution is -0.138. The Bertz CT molecular complexity index is 596. The number of allylic oxidation sites excluding steroid dienone is 3. The Morgan fingerprint density at radius 3 is 2.70 bits per heavy atom. The number of epoxide rings is 1. The third-order valence-corrected chi connectivity index (χ3v) is 5.56. The van der Waals surface area contributed by atoms with Gasteiger partial charge in [-0.1, -0.05) is 17.2 Å². The summed E-state index contributed by atoms with van der Waals surface area (Å²) in [4.78, 5) is 12.0. The van der Waals surface area contributed by atoms with Gasteiger partial charge in [0.2, 0.25) is 0 Å². The maximum absolute atomic E-state index is 12.0. The van der Waals surface area contributed by atoms with Gasteiger partial charge in [0.1, 0.15) is 6.10 Å². The van der Waals surface area contributed by atoms with Crippen LogP contribution in [0.25, 0.3) is 0 Å². The highest BCUT2D eigenvalue weighted by Gasteiger charge is 2.51. The van der Waals surface area contributed by atoms with Crippen LogP contribution in [0.5, 0.6) is 0 Å². The monoisotopic (exact) mass is 316 g/mol. The average molecular weight is 316 g/mol. The number of hydrogen-bond donors (Lipinski definition) is 0. The largest absolute Gasteiger partial charge is 0.450 e. The van der Waals surface area contributed by atoms with E-state index in [0.29, 0.717) is 6.10 Å². The number of carbonyl (C=O) groups is 1. The highest BCUT2D eigenvalue weighted by Crippen LogP contribution is 2.45. The molecule has 0 spiro atoms. The minimum absolute atomic E-state index is 0.0212. The van der Waals surface area contributed by atoms with Gasteiger partial charge in [-0.15, -0.1) is 0 Å². The second-order valence-corrected chi connectivity index (χ2v) is 7.54. The molecule has 3 heteroatoms. The number of hydrogen-bond acceptors (Lipinski definition) is 3. The van der Waals surface area contributed by atoms with E-state index in [0.717, 1.165) is 49.7 Å². The van der Waals surface area contributed by atoms with Crippen LogP contribution in [0, 0.1) is 0 Å². The van der Waals surface area contributed by atoms with Crippen LogP contribution in [-0.2, 0) is 14.3 Å². The molecule has 0 radical (unpaired) electrons. The van der Waals surface area contributed by atoms with Crippen molar-refractivity contribution in [1.82, 2.24) is 0 Å². The summed E-state index contributed by atoms with van der Waals surface area (Å²) < 4.78 is 11.5. The van der Waals surface area contributed by atoms with Crippen molar-refractivity contribution in [2.75, 3.05) is 0 Å². The summed E-state index contributed by atoms with van der Waals surface area (Å²) in [6.45, 7) is 8.44. The second-order valence-electron chi connectivity index (χ2n) is 7.54. The van der Waals surface area contributed by atoms with Gasteiger partial charge >= 0.3 is 5.97 Å². The van der Waals surface area contributed by atoms with Crippen LogP contribution in [0.1, 0.15) is 66.2 Å². The first-order chi connectivity index (χ1) is 10.9. The van der Waals surface area contributed by atoms with E-state index < -0.39 is 0 Å². The van der Waals surface area contributed by atoms with Crippen molar-refractivity contribution < 1.29 is 14.3 Å². The molecule has 3 rings (SSSR count). The van der Waals surface area contributed by atoms with Gasteiger partial charge in [-0.05, 0) is 77.9 Å². The molecule has 0 N–H and O–H groups in total. The molecule has 1 aliphatic carbocycles. The number of ether oxygens (including phenoxy) is 2. The van der Waals surface area contributed by atoms with Gasteiger partial charge in [-0.2, -0.15) is 0 Å². The Hall–Kier alpha value is -1.35. The molecular formula is C20H28O3. The zero-order valence-electron chi connectivity index (χ0n) is 14.8. The number of esters is 1. The lowest BCUT2D eigenvalue weighted by atomic mass is 9.91. The highest BCUT2D eigenvalue weighted by molar-refractivity contribution is 5.92. The summed E-state index contributed by atoms with van der Waals surface area (Å²) in [6.07, 6.45) is 10.8. The molecule has 0 amide bonds. The van der Waals surface area contributed by atoms with Crippen molar-refractivity contribution >= 4 is 5.97 Å². The van der Waals surface area contributed by atoms with Crippen LogP contribution in [0.2, 0.25) is 0 Å². The maximum Gasteiger partial charge on any atom is 0.334 e. The van der Waals surface area contributed by atoms with Crippen molar-refractivity contribution in [2.45, 2.75) is 84.0 Å². The Morgan fingerprint density at radius 1 is 1.13 bits per heavy atom. The molecule has 1 saturated heterocycles. The van der Waals surface area contributed by atoms with Gasteiger partial charge in [0.25, 0.3) is 0 Å². The van der Waals surface area contributed by atoms with E-state index >= 15 is 0 Å². The van der Waals surface area contributed by atoms with Crippen molar-refractivity contribution in [3.05, 3.63) is 34.4 Å². The summed E-state index contributed by atoms with van der Waals surface area (Å²) in [7, 11) is 0. The smallest absolute Gasteiger partial charge is 0.334 e. The lowest BCUT2D eigenvalue weighted by Gasteiger charge is -2.14. The molecule has 0 aromatic rings. The zero-order valence-corrected chi connectivity index (χ0v) is 14.8. The molecule has 126 valence electrons. The molecule has 0 bridgehead atoms. The summed E-state index contributed by atoms with van der Waals surface area (Å²) in [5.74, 6) is -0.160. The van der Waals surface area contributed by atoms with Gasteiger partial charge < -0.3 is 9.47 Å². The normalized spacial score (nSPS) is 40.1. The Balaban J connectivity index is 1.82. The van der Waals surface area contributed by atoms with E-state index in [-0.39, 0.29) is 17.7 Å². The zero-order chi connectivity index (χ0) is 16.6. The van der Waals surface area contributed by atoms with Crippen LogP contribution in [0.4, 0.5) is 0 Å². The summed E-state index contributed by atoms with van der Waals surface area (Å²) in [5, 5.41) is 0. The minimum atomic E-state index is -0.170. The summed E-state index contributed by atoms with van der Waals surface area (Å²) in [6, 6.07) is 0. The molecule has 3 atom stereocenters. The Kier molecular flexibility index (Phi) is 4.50. The minimum Gasteiger partial charge on any atom is -0.450 e. The average Bonchev–Trinajstić information content (AvgIpc) is 3.06. The molecule has 2 aliphatic heterocycles. The second kappa shape index (κ2) is 6.27. The topological polar surface area (TPSA) is 38.8 Å². The van der Waals surface area contributed by atoms with Gasteiger partial charge in [0, 0.05) is 5.57 Å². The molecule has 0 aromatic heterocycles. The Labute approximate surface area is 139 Å².